The van der Waals surface area contributed by atoms with Gasteiger partial charge in [0.2, 0.25) is 0 Å². The monoisotopic (exact) mass is 332 g/mol. The molecule has 5 nitrogen and oxygen atoms in total. The lowest BCUT2D eigenvalue weighted by atomic mass is 9.94. The highest BCUT2D eigenvalue weighted by Gasteiger charge is 2.33. The lowest BCUT2D eigenvalue weighted by molar-refractivity contribution is -0.138. The second-order valence-electron chi connectivity index (χ2n) is 5.67. The molecule has 1 aromatic rings. The van der Waals surface area contributed by atoms with Crippen LogP contribution in [0.5, 0.6) is 0 Å². The summed E-state index contributed by atoms with van der Waals surface area (Å²) in [5, 5.41) is 15.0. The maximum Gasteiger partial charge on any atom is 0.416 e. The van der Waals surface area contributed by atoms with Crippen molar-refractivity contribution < 1.29 is 27.8 Å². The van der Waals surface area contributed by atoms with Crippen LogP contribution in [0.3, 0.4) is 0 Å². The molecule has 2 amide bonds. The fraction of sp³-hybridized carbons (Fsp3) is 0.533. The molecule has 0 saturated carbocycles. The Morgan fingerprint density at radius 3 is 2.61 bits per heavy atom. The highest BCUT2D eigenvalue weighted by atomic mass is 19.4. The maximum atomic E-state index is 12.8. The number of alkyl halides is 3. The van der Waals surface area contributed by atoms with Gasteiger partial charge < -0.3 is 20.5 Å². The first-order chi connectivity index (χ1) is 10.7. The summed E-state index contributed by atoms with van der Waals surface area (Å²) in [4.78, 5) is 11.8. The largest absolute Gasteiger partial charge is 0.416 e. The minimum absolute atomic E-state index is 0.0141. The Kier molecular flexibility index (Phi) is 5.16. The Morgan fingerprint density at radius 2 is 2.00 bits per heavy atom. The first kappa shape index (κ1) is 17.6. The normalized spacial score (nSPS) is 17.6. The van der Waals surface area contributed by atoms with E-state index in [0.717, 1.165) is 6.07 Å². The molecule has 3 N–H and O–H groups in total. The topological polar surface area (TPSA) is 70.6 Å². The van der Waals surface area contributed by atoms with E-state index in [9.17, 15) is 23.1 Å². The zero-order valence-electron chi connectivity index (χ0n) is 12.7. The predicted octanol–water partition coefficient (Wildman–Crippen LogP) is 2.68. The van der Waals surface area contributed by atoms with Crippen molar-refractivity contribution in [3.8, 4) is 0 Å². The highest BCUT2D eigenvalue weighted by Crippen LogP contribution is 2.33. The smallest absolute Gasteiger partial charge is 0.388 e. The van der Waals surface area contributed by atoms with E-state index in [1.54, 1.807) is 0 Å². The van der Waals surface area contributed by atoms with Gasteiger partial charge in [0.25, 0.3) is 0 Å². The van der Waals surface area contributed by atoms with E-state index in [-0.39, 0.29) is 17.8 Å². The molecule has 0 radical (unpaired) electrons. The minimum Gasteiger partial charge on any atom is -0.388 e. The van der Waals surface area contributed by atoms with Crippen LogP contribution in [0.15, 0.2) is 18.2 Å². The van der Waals surface area contributed by atoms with Crippen LogP contribution in [0.4, 0.5) is 23.7 Å². The van der Waals surface area contributed by atoms with Crippen LogP contribution in [0, 0.1) is 6.92 Å². The zero-order valence-corrected chi connectivity index (χ0v) is 12.7. The molecule has 0 spiro atoms. The van der Waals surface area contributed by atoms with Crippen molar-refractivity contribution in [3.63, 3.8) is 0 Å². The van der Waals surface area contributed by atoms with E-state index >= 15 is 0 Å². The Morgan fingerprint density at radius 1 is 1.35 bits per heavy atom. The molecule has 0 atom stereocenters. The zero-order chi connectivity index (χ0) is 17.1. The standard InChI is InChI=1S/C15H19F3N2O3/c1-10-2-3-11(8-12(10)15(16,17)18)20-13(21)19-9-14(22)4-6-23-7-5-14/h2-3,8,22H,4-7,9H2,1H3,(H2,19,20,21). The van der Waals surface area contributed by atoms with Crippen LogP contribution in [0.1, 0.15) is 24.0 Å². The fourth-order valence-electron chi connectivity index (χ4n) is 2.35. The number of ether oxygens (including phenoxy) is 1. The molecule has 1 aliphatic heterocycles. The average Bonchev–Trinajstić information content (AvgIpc) is 2.47. The number of hydrogen-bond donors (Lipinski definition) is 3. The molecule has 1 aromatic carbocycles. The summed E-state index contributed by atoms with van der Waals surface area (Å²) < 4.78 is 43.6. The van der Waals surface area contributed by atoms with Crippen molar-refractivity contribution in [2.24, 2.45) is 0 Å². The number of rotatable bonds is 3. The maximum absolute atomic E-state index is 12.8. The Bertz CT molecular complexity index is 570. The van der Waals surface area contributed by atoms with Crippen LogP contribution in [0.2, 0.25) is 0 Å². The van der Waals surface area contributed by atoms with Gasteiger partial charge in [-0.05, 0) is 24.6 Å². The second-order valence-corrected chi connectivity index (χ2v) is 5.67. The summed E-state index contributed by atoms with van der Waals surface area (Å²) in [6.45, 7) is 2.19. The van der Waals surface area contributed by atoms with Gasteiger partial charge >= 0.3 is 12.2 Å². The van der Waals surface area contributed by atoms with Crippen LogP contribution < -0.4 is 10.6 Å². The van der Waals surface area contributed by atoms with Crippen molar-refractivity contribution in [2.75, 3.05) is 25.1 Å². The summed E-state index contributed by atoms with van der Waals surface area (Å²) in [7, 11) is 0. The lowest BCUT2D eigenvalue weighted by Gasteiger charge is -2.32. The summed E-state index contributed by atoms with van der Waals surface area (Å²) in [5.74, 6) is 0. The van der Waals surface area contributed by atoms with Crippen molar-refractivity contribution in [1.29, 1.82) is 0 Å². The summed E-state index contributed by atoms with van der Waals surface area (Å²) in [5.41, 5.74) is -1.71. The molecule has 8 heteroatoms. The van der Waals surface area contributed by atoms with Crippen molar-refractivity contribution in [2.45, 2.75) is 31.5 Å². The number of carbonyl (C=O) groups is 1. The molecule has 1 heterocycles. The van der Waals surface area contributed by atoms with Crippen LogP contribution in [0.25, 0.3) is 0 Å². The van der Waals surface area contributed by atoms with Gasteiger partial charge in [-0.3, -0.25) is 0 Å². The van der Waals surface area contributed by atoms with Gasteiger partial charge in [-0.15, -0.1) is 0 Å². The molecule has 128 valence electrons. The molecule has 1 fully saturated rings. The number of amides is 2. The van der Waals surface area contributed by atoms with Gasteiger partial charge in [0.1, 0.15) is 0 Å². The Hall–Kier alpha value is -1.80. The van der Waals surface area contributed by atoms with Crippen molar-refractivity contribution >= 4 is 11.7 Å². The van der Waals surface area contributed by atoms with Gasteiger partial charge in [0, 0.05) is 38.3 Å². The lowest BCUT2D eigenvalue weighted by Crippen LogP contribution is -2.47. The third-order valence-corrected chi connectivity index (χ3v) is 3.80. The van der Waals surface area contributed by atoms with E-state index in [1.807, 2.05) is 0 Å². The number of anilines is 1. The van der Waals surface area contributed by atoms with E-state index in [0.29, 0.717) is 26.1 Å². The average molecular weight is 332 g/mol. The van der Waals surface area contributed by atoms with E-state index in [1.165, 1.54) is 19.1 Å². The molecule has 0 unspecified atom stereocenters. The van der Waals surface area contributed by atoms with E-state index in [4.69, 9.17) is 4.74 Å². The number of benzene rings is 1. The van der Waals surface area contributed by atoms with Crippen molar-refractivity contribution in [3.05, 3.63) is 29.3 Å². The summed E-state index contributed by atoms with van der Waals surface area (Å²) in [6, 6.07) is 2.91. The predicted molar refractivity (Wildman–Crippen MR) is 78.2 cm³/mol. The third-order valence-electron chi connectivity index (χ3n) is 3.80. The molecular weight excluding hydrogens is 313 g/mol. The number of hydrogen-bond acceptors (Lipinski definition) is 3. The van der Waals surface area contributed by atoms with E-state index < -0.39 is 23.4 Å². The number of aliphatic hydroxyl groups is 1. The van der Waals surface area contributed by atoms with Crippen LogP contribution in [-0.2, 0) is 10.9 Å². The minimum atomic E-state index is -4.48. The fourth-order valence-corrected chi connectivity index (χ4v) is 2.35. The summed E-state index contributed by atoms with van der Waals surface area (Å²) in [6.07, 6.45) is -3.68. The first-order valence-electron chi connectivity index (χ1n) is 7.22. The molecule has 2 rings (SSSR count). The number of nitrogens with one attached hydrogen (secondary N) is 2. The number of carbonyl (C=O) groups excluding carboxylic acids is 1. The quantitative estimate of drug-likeness (QED) is 0.797. The molecule has 0 aliphatic carbocycles. The number of halogens is 3. The molecule has 0 bridgehead atoms. The molecule has 0 aromatic heterocycles. The summed E-state index contributed by atoms with van der Waals surface area (Å²) >= 11 is 0. The van der Waals surface area contributed by atoms with Crippen molar-refractivity contribution in [1.82, 2.24) is 5.32 Å². The first-order valence-corrected chi connectivity index (χ1v) is 7.22. The Labute approximate surface area is 131 Å². The molecule has 23 heavy (non-hydrogen) atoms. The van der Waals surface area contributed by atoms with Gasteiger partial charge in [-0.2, -0.15) is 13.2 Å². The molecular formula is C15H19F3N2O3. The highest BCUT2D eigenvalue weighted by molar-refractivity contribution is 5.89. The molecule has 1 saturated heterocycles. The SMILES string of the molecule is Cc1ccc(NC(=O)NCC2(O)CCOCC2)cc1C(F)(F)F. The molecule has 1 aliphatic rings. The van der Waals surface area contributed by atoms with Gasteiger partial charge in [-0.1, -0.05) is 6.07 Å². The van der Waals surface area contributed by atoms with Gasteiger partial charge in [-0.25, -0.2) is 4.79 Å². The second kappa shape index (κ2) is 6.76. The number of urea groups is 1. The number of aryl methyl sites for hydroxylation is 1. The van der Waals surface area contributed by atoms with E-state index in [2.05, 4.69) is 10.6 Å². The Balaban J connectivity index is 1.95. The van der Waals surface area contributed by atoms with Crippen LogP contribution >= 0.6 is 0 Å². The van der Waals surface area contributed by atoms with Gasteiger partial charge in [0.05, 0.1) is 11.2 Å². The van der Waals surface area contributed by atoms with Gasteiger partial charge in [0.15, 0.2) is 0 Å². The third kappa shape index (κ3) is 4.84. The van der Waals surface area contributed by atoms with Crippen LogP contribution in [-0.4, -0.2) is 36.5 Å².